The van der Waals surface area contributed by atoms with Crippen LogP contribution in [-0.4, -0.2) is 76.7 Å². The number of benzene rings is 4. The van der Waals surface area contributed by atoms with Gasteiger partial charge in [-0.1, -0.05) is 49.9 Å². The fourth-order valence-electron chi connectivity index (χ4n) is 8.39. The van der Waals surface area contributed by atoms with E-state index in [1.54, 1.807) is 43.0 Å². The fourth-order valence-corrected chi connectivity index (χ4v) is 8.39. The minimum absolute atomic E-state index is 0. The molecule has 1 saturated heterocycles. The lowest BCUT2D eigenvalue weighted by molar-refractivity contribution is -0.231. The lowest BCUT2D eigenvalue weighted by Gasteiger charge is -2.28. The third-order valence-corrected chi connectivity index (χ3v) is 11.7. The highest BCUT2D eigenvalue weighted by molar-refractivity contribution is 5.95. The molecule has 2 saturated carbocycles. The number of cyclic esters (lactones) is 2. The van der Waals surface area contributed by atoms with E-state index in [1.807, 2.05) is 103 Å². The Balaban J connectivity index is 0.000000168. The summed E-state index contributed by atoms with van der Waals surface area (Å²) in [4.78, 5) is 33.7. The number of rotatable bonds is 10. The minimum atomic E-state index is -1.08. The zero-order chi connectivity index (χ0) is 48.0. The van der Waals surface area contributed by atoms with Gasteiger partial charge in [-0.3, -0.25) is 14.4 Å². The highest BCUT2D eigenvalue weighted by Gasteiger charge is 2.34. The number of para-hydroxylation sites is 2. The van der Waals surface area contributed by atoms with Gasteiger partial charge in [-0.25, -0.2) is 9.36 Å². The summed E-state index contributed by atoms with van der Waals surface area (Å²) in [5.41, 5.74) is 9.62. The smallest absolute Gasteiger partial charge is 0.320 e. The lowest BCUT2D eigenvalue weighted by atomic mass is 9.87. The van der Waals surface area contributed by atoms with E-state index in [9.17, 15) is 14.4 Å². The number of aromatic nitrogens is 4. The third kappa shape index (κ3) is 13.6. The van der Waals surface area contributed by atoms with Crippen LogP contribution in [-0.2, 0) is 23.9 Å². The van der Waals surface area contributed by atoms with Crippen LogP contribution >= 0.6 is 0 Å². The average Bonchev–Trinajstić information content (AvgIpc) is 4.19. The van der Waals surface area contributed by atoms with Crippen molar-refractivity contribution in [1.29, 1.82) is 0 Å². The number of hydrogen-bond donors (Lipinski definition) is 2. The highest BCUT2D eigenvalue weighted by atomic mass is 16.7. The van der Waals surface area contributed by atoms with Gasteiger partial charge < -0.3 is 44.2 Å². The maximum atomic E-state index is 12.6. The van der Waals surface area contributed by atoms with Crippen LogP contribution in [0.5, 0.6) is 28.7 Å². The molecule has 3 fully saturated rings. The molecule has 4 heterocycles. The fraction of sp³-hybridized carbons (Fsp3) is 0.377. The van der Waals surface area contributed by atoms with Crippen molar-refractivity contribution in [3.63, 3.8) is 0 Å². The first-order valence-corrected chi connectivity index (χ1v) is 22.9. The molecule has 6 aromatic rings. The molecule has 2 aliphatic heterocycles. The molecular formula is C53H64N6O10. The number of methoxy groups -OCH3 is 3. The number of ether oxygens (including phenoxy) is 7. The monoisotopic (exact) mass is 944 g/mol. The van der Waals surface area contributed by atoms with Crippen molar-refractivity contribution < 1.29 is 47.5 Å². The van der Waals surface area contributed by atoms with Crippen molar-refractivity contribution in [1.82, 2.24) is 19.6 Å². The molecule has 1 amide bonds. The number of esters is 2. The molecule has 16 heteroatoms. The molecule has 16 nitrogen and oxygen atoms in total. The SMILES string of the molecule is C.CC1(C)OC(=O)CC(=O)O1.COc1ccc(C2CC(=O)Nc3c2cnn3-c2ccccc2)cc1OC1CCCC1.COc1ccc(OC)c(OC2CCCC2)c1.Nc1ccnn1-c1ccccc1. The van der Waals surface area contributed by atoms with E-state index in [2.05, 4.69) is 25.0 Å². The van der Waals surface area contributed by atoms with Crippen LogP contribution in [0, 0.1) is 0 Å². The first-order chi connectivity index (χ1) is 32.9. The number of fused-ring (bicyclic) bond motifs is 1. The lowest BCUT2D eigenvalue weighted by Crippen LogP contribution is -2.39. The molecule has 2 aliphatic carbocycles. The minimum Gasteiger partial charge on any atom is -0.497 e. The summed E-state index contributed by atoms with van der Waals surface area (Å²) in [6.07, 6.45) is 13.6. The van der Waals surface area contributed by atoms with Crippen LogP contribution in [0.15, 0.2) is 116 Å². The first kappa shape index (κ1) is 50.9. The second-order valence-electron chi connectivity index (χ2n) is 17.0. The Morgan fingerprint density at radius 2 is 1.19 bits per heavy atom. The molecule has 4 aliphatic rings. The number of nitrogen functional groups attached to an aromatic ring is 1. The molecule has 2 aromatic heterocycles. The van der Waals surface area contributed by atoms with E-state index in [1.165, 1.54) is 39.5 Å². The van der Waals surface area contributed by atoms with E-state index in [-0.39, 0.29) is 31.8 Å². The summed E-state index contributed by atoms with van der Waals surface area (Å²) >= 11 is 0. The van der Waals surface area contributed by atoms with Gasteiger partial charge in [0.2, 0.25) is 5.91 Å². The van der Waals surface area contributed by atoms with E-state index in [0.717, 1.165) is 82.8 Å². The number of anilines is 2. The zero-order valence-corrected chi connectivity index (χ0v) is 39.2. The Labute approximate surface area is 403 Å². The van der Waals surface area contributed by atoms with Crippen molar-refractivity contribution in [2.45, 2.75) is 109 Å². The van der Waals surface area contributed by atoms with Gasteiger partial charge in [-0.15, -0.1) is 0 Å². The van der Waals surface area contributed by atoms with Crippen LogP contribution in [0.1, 0.15) is 103 Å². The topological polar surface area (TPSA) is 190 Å². The number of carbonyl (C=O) groups excluding carboxylic acids is 3. The summed E-state index contributed by atoms with van der Waals surface area (Å²) in [5.74, 6) is 3.00. The number of carbonyl (C=O) groups is 3. The Bertz CT molecular complexity index is 2580. The van der Waals surface area contributed by atoms with Crippen LogP contribution in [0.3, 0.4) is 0 Å². The number of nitrogens with zero attached hydrogens (tertiary/aromatic N) is 4. The Morgan fingerprint density at radius 3 is 1.70 bits per heavy atom. The maximum Gasteiger partial charge on any atom is 0.320 e. The van der Waals surface area contributed by atoms with Crippen LogP contribution < -0.4 is 34.7 Å². The predicted molar refractivity (Wildman–Crippen MR) is 263 cm³/mol. The van der Waals surface area contributed by atoms with Gasteiger partial charge in [0.05, 0.1) is 57.3 Å². The summed E-state index contributed by atoms with van der Waals surface area (Å²) in [5, 5.41) is 11.6. The zero-order valence-electron chi connectivity index (χ0n) is 39.2. The van der Waals surface area contributed by atoms with Gasteiger partial charge in [0.25, 0.3) is 5.79 Å². The molecule has 4 aromatic carbocycles. The second kappa shape index (κ2) is 24.0. The molecule has 69 heavy (non-hydrogen) atoms. The number of nitrogens with two attached hydrogens (primary N) is 1. The van der Waals surface area contributed by atoms with Gasteiger partial charge in [0, 0.05) is 43.9 Å². The average molecular weight is 945 g/mol. The van der Waals surface area contributed by atoms with Crippen LogP contribution in [0.2, 0.25) is 0 Å². The first-order valence-electron chi connectivity index (χ1n) is 22.9. The standard InChI is InChI=1S/C24H25N3O3.C13H18O3.C9H9N3.C6H8O4.CH4/c1-29-21-12-11-16(13-22(21)30-18-9-5-6-10-18)19-14-23(28)26-24-20(19)15-25-27(24)17-7-3-2-4-8-17;1-14-11-7-8-12(15-2)13(9-11)16-10-5-3-4-6-10;10-9-6-7-11-12(9)8-4-2-1-3-5-8;1-6(2)9-4(7)3-5(8)10-6;/h2-4,7-8,11-13,15,18-19H,5-6,9-10,14H2,1H3,(H,26,28);7-10H,3-6H2,1-2H3;1-7H,10H2;3H2,1-2H3;1H4. The van der Waals surface area contributed by atoms with Gasteiger partial charge >= 0.3 is 11.9 Å². The molecule has 1 unspecified atom stereocenters. The van der Waals surface area contributed by atoms with Crippen molar-refractivity contribution >= 4 is 29.5 Å². The number of nitrogens with one attached hydrogen (secondary N) is 1. The molecule has 366 valence electrons. The Kier molecular flexibility index (Phi) is 17.7. The molecular weight excluding hydrogens is 881 g/mol. The van der Waals surface area contributed by atoms with E-state index >= 15 is 0 Å². The van der Waals surface area contributed by atoms with Crippen LogP contribution in [0.25, 0.3) is 11.4 Å². The Hall–Kier alpha value is -7.49. The van der Waals surface area contributed by atoms with Gasteiger partial charge in [0.1, 0.15) is 23.8 Å². The van der Waals surface area contributed by atoms with Crippen LogP contribution in [0.4, 0.5) is 11.6 Å². The summed E-state index contributed by atoms with van der Waals surface area (Å²) in [7, 11) is 4.97. The molecule has 10 rings (SSSR count). The second-order valence-corrected chi connectivity index (χ2v) is 17.0. The van der Waals surface area contributed by atoms with E-state index in [0.29, 0.717) is 18.3 Å². The van der Waals surface area contributed by atoms with E-state index in [4.69, 9.17) is 29.4 Å². The van der Waals surface area contributed by atoms with E-state index < -0.39 is 17.7 Å². The summed E-state index contributed by atoms with van der Waals surface area (Å²) < 4.78 is 41.0. The normalized spacial score (nSPS) is 17.0. The third-order valence-electron chi connectivity index (χ3n) is 11.7. The maximum absolute atomic E-state index is 12.6. The van der Waals surface area contributed by atoms with Gasteiger partial charge in [-0.05, 0) is 105 Å². The quantitative estimate of drug-likeness (QED) is 0.0976. The van der Waals surface area contributed by atoms with Crippen molar-refractivity contribution in [2.24, 2.45) is 0 Å². The van der Waals surface area contributed by atoms with Crippen molar-refractivity contribution in [3.05, 3.63) is 127 Å². The van der Waals surface area contributed by atoms with Gasteiger partial charge in [-0.2, -0.15) is 10.2 Å². The number of amides is 1. The van der Waals surface area contributed by atoms with Crippen molar-refractivity contribution in [2.75, 3.05) is 32.4 Å². The molecule has 1 atom stereocenters. The summed E-state index contributed by atoms with van der Waals surface area (Å²) in [6, 6.07) is 33.0. The number of hydrogen-bond acceptors (Lipinski definition) is 13. The molecule has 3 N–H and O–H groups in total. The Morgan fingerprint density at radius 1 is 0.652 bits per heavy atom. The van der Waals surface area contributed by atoms with Gasteiger partial charge in [0.15, 0.2) is 23.0 Å². The molecule has 0 bridgehead atoms. The molecule has 0 spiro atoms. The van der Waals surface area contributed by atoms with Crippen molar-refractivity contribution in [3.8, 4) is 40.1 Å². The summed E-state index contributed by atoms with van der Waals surface area (Å²) in [6.45, 7) is 3.03. The largest absolute Gasteiger partial charge is 0.497 e. The molecule has 0 radical (unpaired) electrons. The highest BCUT2D eigenvalue weighted by Crippen LogP contribution is 2.42. The predicted octanol–water partition coefficient (Wildman–Crippen LogP) is 10.0.